The molecule has 2 heterocycles. The Hall–Kier alpha value is -2.02. The summed E-state index contributed by atoms with van der Waals surface area (Å²) in [6.45, 7) is 2.40. The van der Waals surface area contributed by atoms with Crippen LogP contribution in [-0.4, -0.2) is 76.3 Å². The van der Waals surface area contributed by atoms with Gasteiger partial charge in [-0.25, -0.2) is 0 Å². The molecule has 176 valence electrons. The summed E-state index contributed by atoms with van der Waals surface area (Å²) in [6.07, 6.45) is 7.29. The molecule has 0 unspecified atom stereocenters. The predicted octanol–water partition coefficient (Wildman–Crippen LogP) is 3.09. The fourth-order valence-electron chi connectivity index (χ4n) is 7.64. The molecule has 0 N–H and O–H groups in total. The van der Waals surface area contributed by atoms with Crippen molar-refractivity contribution in [2.45, 2.75) is 44.6 Å². The number of thioether (sulfide) groups is 1. The van der Waals surface area contributed by atoms with Crippen LogP contribution in [0.3, 0.4) is 0 Å². The molecule has 7 rings (SSSR count). The van der Waals surface area contributed by atoms with Crippen LogP contribution in [0.2, 0.25) is 0 Å². The van der Waals surface area contributed by atoms with Gasteiger partial charge in [-0.05, 0) is 68.4 Å². The van der Waals surface area contributed by atoms with Gasteiger partial charge in [0.05, 0.1) is 11.3 Å². The van der Waals surface area contributed by atoms with Gasteiger partial charge in [0.1, 0.15) is 6.04 Å². The molecule has 3 amide bonds. The minimum atomic E-state index is -0.409. The number of rotatable bonds is 3. The molecular formula is C26H33N3O3S. The van der Waals surface area contributed by atoms with Crippen molar-refractivity contribution in [1.29, 1.82) is 0 Å². The quantitative estimate of drug-likeness (QED) is 0.686. The summed E-state index contributed by atoms with van der Waals surface area (Å²) in [5, 5.41) is 0. The maximum Gasteiger partial charge on any atom is 0.255 e. The lowest BCUT2D eigenvalue weighted by Gasteiger charge is -2.57. The molecule has 6 aliphatic rings. The van der Waals surface area contributed by atoms with Crippen LogP contribution in [-0.2, 0) is 9.59 Å². The Bertz CT molecular complexity index is 908. The number of piperazine rings is 1. The van der Waals surface area contributed by atoms with Gasteiger partial charge in [-0.1, -0.05) is 18.2 Å². The minimum absolute atomic E-state index is 0.0335. The summed E-state index contributed by atoms with van der Waals surface area (Å²) in [4.78, 5) is 45.6. The van der Waals surface area contributed by atoms with Crippen LogP contribution in [0.1, 0.15) is 48.9 Å². The van der Waals surface area contributed by atoms with Crippen LogP contribution in [0.25, 0.3) is 0 Å². The Morgan fingerprint density at radius 2 is 1.39 bits per heavy atom. The van der Waals surface area contributed by atoms with Crippen LogP contribution in [0.15, 0.2) is 30.3 Å². The Morgan fingerprint density at radius 3 is 2.00 bits per heavy atom. The number of hydrogen-bond acceptors (Lipinski definition) is 4. The SMILES string of the molecule is O=C([C@@H]1CSCN1C(=O)c1ccccc1)N1CCN(C(=O)C23CC4CC(CC(C4)C2)C3)CC1. The first-order valence-electron chi connectivity index (χ1n) is 12.5. The van der Waals surface area contributed by atoms with Crippen LogP contribution in [0.5, 0.6) is 0 Å². The summed E-state index contributed by atoms with van der Waals surface area (Å²) in [5.41, 5.74) is 0.519. The van der Waals surface area contributed by atoms with Gasteiger partial charge in [0, 0.05) is 37.5 Å². The standard InChI is InChI=1S/C26H33N3O3S/c30-23(21-4-2-1-3-5-21)29-17-33-16-22(29)24(31)27-6-8-28(9-7-27)25(32)26-13-18-10-19(14-26)12-20(11-18)15-26/h1-5,18-20,22H,6-17H2/t18?,19?,20?,22-,26?/m0/s1. The minimum Gasteiger partial charge on any atom is -0.339 e. The van der Waals surface area contributed by atoms with Gasteiger partial charge in [-0.3, -0.25) is 14.4 Å². The molecule has 2 saturated heterocycles. The zero-order valence-electron chi connectivity index (χ0n) is 19.2. The lowest BCUT2D eigenvalue weighted by atomic mass is 9.49. The molecule has 0 aromatic heterocycles. The fourth-order valence-corrected chi connectivity index (χ4v) is 8.79. The van der Waals surface area contributed by atoms with Gasteiger partial charge in [0.15, 0.2) is 0 Å². The maximum atomic E-state index is 13.6. The van der Waals surface area contributed by atoms with E-state index in [-0.39, 0.29) is 17.2 Å². The van der Waals surface area contributed by atoms with E-state index in [1.807, 2.05) is 40.1 Å². The molecule has 4 saturated carbocycles. The highest BCUT2D eigenvalue weighted by Gasteiger charge is 2.55. The highest BCUT2D eigenvalue weighted by atomic mass is 32.2. The molecule has 2 aliphatic heterocycles. The summed E-state index contributed by atoms with van der Waals surface area (Å²) in [7, 11) is 0. The lowest BCUT2D eigenvalue weighted by Crippen LogP contribution is -2.60. The number of carbonyl (C=O) groups is 3. The zero-order chi connectivity index (χ0) is 22.6. The average Bonchev–Trinajstić information content (AvgIpc) is 3.32. The van der Waals surface area contributed by atoms with Crippen molar-refractivity contribution < 1.29 is 14.4 Å². The number of nitrogens with zero attached hydrogens (tertiary/aromatic N) is 3. The van der Waals surface area contributed by atoms with Gasteiger partial charge in [-0.15, -0.1) is 11.8 Å². The van der Waals surface area contributed by atoms with Crippen molar-refractivity contribution in [1.82, 2.24) is 14.7 Å². The van der Waals surface area contributed by atoms with E-state index in [1.54, 1.807) is 16.7 Å². The molecular weight excluding hydrogens is 434 g/mol. The molecule has 1 aromatic carbocycles. The van der Waals surface area contributed by atoms with Crippen molar-refractivity contribution in [3.63, 3.8) is 0 Å². The summed E-state index contributed by atoms with van der Waals surface area (Å²) < 4.78 is 0. The first-order chi connectivity index (χ1) is 16.0. The number of carbonyl (C=O) groups excluding carboxylic acids is 3. The van der Waals surface area contributed by atoms with Gasteiger partial charge >= 0.3 is 0 Å². The third kappa shape index (κ3) is 3.76. The van der Waals surface area contributed by atoms with E-state index >= 15 is 0 Å². The monoisotopic (exact) mass is 467 g/mol. The Labute approximate surface area is 200 Å². The van der Waals surface area contributed by atoms with Crippen LogP contribution in [0, 0.1) is 23.2 Å². The third-order valence-corrected chi connectivity index (χ3v) is 9.83. The second kappa shape index (κ2) is 8.33. The van der Waals surface area contributed by atoms with Crippen molar-refractivity contribution in [3.05, 3.63) is 35.9 Å². The van der Waals surface area contributed by atoms with Gasteiger partial charge < -0.3 is 14.7 Å². The van der Waals surface area contributed by atoms with Gasteiger partial charge in [-0.2, -0.15) is 0 Å². The summed E-state index contributed by atoms with van der Waals surface area (Å²) in [5.74, 6) is 3.80. The second-order valence-corrected chi connectivity index (χ2v) is 12.0. The molecule has 0 spiro atoms. The number of hydrogen-bond donors (Lipinski definition) is 0. The average molecular weight is 468 g/mol. The molecule has 6 nitrogen and oxygen atoms in total. The fraction of sp³-hybridized carbons (Fsp3) is 0.654. The number of benzene rings is 1. The first-order valence-corrected chi connectivity index (χ1v) is 13.7. The predicted molar refractivity (Wildman–Crippen MR) is 127 cm³/mol. The summed E-state index contributed by atoms with van der Waals surface area (Å²) >= 11 is 1.64. The smallest absolute Gasteiger partial charge is 0.255 e. The molecule has 33 heavy (non-hydrogen) atoms. The van der Waals surface area contributed by atoms with Gasteiger partial charge in [0.25, 0.3) is 5.91 Å². The van der Waals surface area contributed by atoms with Crippen molar-refractivity contribution in [3.8, 4) is 0 Å². The van der Waals surface area contributed by atoms with E-state index < -0.39 is 6.04 Å². The highest BCUT2D eigenvalue weighted by Crippen LogP contribution is 2.60. The highest BCUT2D eigenvalue weighted by molar-refractivity contribution is 7.99. The topological polar surface area (TPSA) is 60.9 Å². The van der Waals surface area contributed by atoms with Crippen molar-refractivity contribution in [2.24, 2.45) is 23.2 Å². The lowest BCUT2D eigenvalue weighted by molar-refractivity contribution is -0.160. The Balaban J connectivity index is 1.09. The first kappa shape index (κ1) is 21.5. The molecule has 4 aliphatic carbocycles. The Morgan fingerprint density at radius 1 is 0.818 bits per heavy atom. The summed E-state index contributed by atoms with van der Waals surface area (Å²) in [6, 6.07) is 8.81. The van der Waals surface area contributed by atoms with E-state index in [2.05, 4.69) is 0 Å². The van der Waals surface area contributed by atoms with Crippen molar-refractivity contribution in [2.75, 3.05) is 37.8 Å². The van der Waals surface area contributed by atoms with E-state index in [0.29, 0.717) is 49.3 Å². The van der Waals surface area contributed by atoms with Crippen LogP contribution in [0.4, 0.5) is 0 Å². The normalized spacial score (nSPS) is 35.2. The molecule has 7 heteroatoms. The molecule has 6 fully saturated rings. The van der Waals surface area contributed by atoms with Gasteiger partial charge in [0.2, 0.25) is 11.8 Å². The number of amides is 3. The second-order valence-electron chi connectivity index (χ2n) is 11.0. The maximum absolute atomic E-state index is 13.6. The third-order valence-electron chi connectivity index (χ3n) is 8.82. The van der Waals surface area contributed by atoms with E-state index in [4.69, 9.17) is 0 Å². The molecule has 0 radical (unpaired) electrons. The van der Waals surface area contributed by atoms with E-state index in [9.17, 15) is 14.4 Å². The largest absolute Gasteiger partial charge is 0.339 e. The van der Waals surface area contributed by atoms with Crippen LogP contribution < -0.4 is 0 Å². The molecule has 1 aromatic rings. The van der Waals surface area contributed by atoms with Crippen LogP contribution >= 0.6 is 11.8 Å². The van der Waals surface area contributed by atoms with E-state index in [1.165, 1.54) is 19.3 Å². The van der Waals surface area contributed by atoms with Crippen molar-refractivity contribution >= 4 is 29.5 Å². The zero-order valence-corrected chi connectivity index (χ0v) is 20.0. The molecule has 4 bridgehead atoms. The van der Waals surface area contributed by atoms with E-state index in [0.717, 1.165) is 37.0 Å². The Kier molecular flexibility index (Phi) is 5.43. The molecule has 1 atom stereocenters.